The van der Waals surface area contributed by atoms with Gasteiger partial charge in [0.1, 0.15) is 0 Å². The summed E-state index contributed by atoms with van der Waals surface area (Å²) < 4.78 is 0. The average Bonchev–Trinajstić information content (AvgIpc) is 2.48. The van der Waals surface area contributed by atoms with Gasteiger partial charge in [0.15, 0.2) is 0 Å². The van der Waals surface area contributed by atoms with Gasteiger partial charge in [0, 0.05) is 16.6 Å². The predicted octanol–water partition coefficient (Wildman–Crippen LogP) is 5.78. The molecular formula is C19H25NS. The van der Waals surface area contributed by atoms with Crippen LogP contribution in [0.2, 0.25) is 0 Å². The van der Waals surface area contributed by atoms with Crippen LogP contribution in [0.5, 0.6) is 0 Å². The molecule has 112 valence electrons. The van der Waals surface area contributed by atoms with Gasteiger partial charge < -0.3 is 5.32 Å². The minimum absolute atomic E-state index is 0.318. The monoisotopic (exact) mass is 299 g/mol. The maximum absolute atomic E-state index is 3.56. The minimum Gasteiger partial charge on any atom is -0.379 e. The molecule has 0 radical (unpaired) electrons. The highest BCUT2D eigenvalue weighted by Crippen LogP contribution is 2.22. The van der Waals surface area contributed by atoms with E-state index in [1.165, 1.54) is 21.7 Å². The van der Waals surface area contributed by atoms with Crippen molar-refractivity contribution in [2.45, 2.75) is 38.1 Å². The quantitative estimate of drug-likeness (QED) is 0.678. The van der Waals surface area contributed by atoms with Gasteiger partial charge in [-0.1, -0.05) is 38.1 Å². The Morgan fingerprint density at radius 1 is 0.905 bits per heavy atom. The summed E-state index contributed by atoms with van der Waals surface area (Å²) in [5.41, 5.74) is 3.92. The van der Waals surface area contributed by atoms with Crippen LogP contribution in [0, 0.1) is 5.92 Å². The van der Waals surface area contributed by atoms with Crippen LogP contribution in [-0.2, 0) is 6.42 Å². The van der Waals surface area contributed by atoms with Crippen molar-refractivity contribution >= 4 is 17.4 Å². The van der Waals surface area contributed by atoms with Gasteiger partial charge >= 0.3 is 0 Å². The van der Waals surface area contributed by atoms with E-state index in [0.29, 0.717) is 12.0 Å². The van der Waals surface area contributed by atoms with E-state index in [4.69, 9.17) is 0 Å². The Hall–Kier alpha value is -1.41. The zero-order chi connectivity index (χ0) is 15.2. The minimum atomic E-state index is 0.318. The Kier molecular flexibility index (Phi) is 5.75. The SMILES string of the molecule is CSc1ccc(NC(C)c2ccc(CC(C)C)cc2)cc1. The molecule has 0 saturated carbocycles. The molecule has 0 aromatic heterocycles. The highest BCUT2D eigenvalue weighted by atomic mass is 32.2. The molecule has 1 N–H and O–H groups in total. The first kappa shape index (κ1) is 16.0. The largest absolute Gasteiger partial charge is 0.379 e. The highest BCUT2D eigenvalue weighted by molar-refractivity contribution is 7.98. The van der Waals surface area contributed by atoms with Crippen molar-refractivity contribution in [2.75, 3.05) is 11.6 Å². The standard InChI is InChI=1S/C19H25NS/c1-14(2)13-16-5-7-17(8-6-16)15(3)20-18-9-11-19(21-4)12-10-18/h5-12,14-15,20H,13H2,1-4H3. The number of hydrogen-bond donors (Lipinski definition) is 1. The summed E-state index contributed by atoms with van der Waals surface area (Å²) in [6.45, 7) is 6.73. The molecule has 0 aliphatic carbocycles. The molecule has 2 aromatic carbocycles. The van der Waals surface area contributed by atoms with E-state index >= 15 is 0 Å². The van der Waals surface area contributed by atoms with E-state index in [1.54, 1.807) is 11.8 Å². The number of nitrogens with one attached hydrogen (secondary N) is 1. The fourth-order valence-electron chi connectivity index (χ4n) is 2.43. The Balaban J connectivity index is 2.00. The molecule has 1 atom stereocenters. The molecule has 0 aliphatic rings. The second-order valence-corrected chi connectivity index (χ2v) is 6.81. The molecule has 0 aliphatic heterocycles. The van der Waals surface area contributed by atoms with Gasteiger partial charge in [-0.25, -0.2) is 0 Å². The van der Waals surface area contributed by atoms with Gasteiger partial charge in [-0.05, 0) is 60.9 Å². The summed E-state index contributed by atoms with van der Waals surface area (Å²) >= 11 is 1.77. The van der Waals surface area contributed by atoms with Crippen molar-refractivity contribution in [3.8, 4) is 0 Å². The summed E-state index contributed by atoms with van der Waals surface area (Å²) in [6, 6.07) is 17.9. The Morgan fingerprint density at radius 2 is 1.52 bits per heavy atom. The second-order valence-electron chi connectivity index (χ2n) is 5.93. The summed E-state index contributed by atoms with van der Waals surface area (Å²) in [4.78, 5) is 1.30. The van der Waals surface area contributed by atoms with E-state index in [0.717, 1.165) is 6.42 Å². The van der Waals surface area contributed by atoms with E-state index in [1.807, 2.05) is 0 Å². The lowest BCUT2D eigenvalue weighted by Crippen LogP contribution is -2.06. The van der Waals surface area contributed by atoms with Crippen molar-refractivity contribution < 1.29 is 0 Å². The predicted molar refractivity (Wildman–Crippen MR) is 95.2 cm³/mol. The van der Waals surface area contributed by atoms with Gasteiger partial charge in [0.2, 0.25) is 0 Å². The van der Waals surface area contributed by atoms with Gasteiger partial charge in [-0.15, -0.1) is 11.8 Å². The summed E-state index contributed by atoms with van der Waals surface area (Å²) in [5.74, 6) is 0.710. The van der Waals surface area contributed by atoms with Crippen LogP contribution in [0.4, 0.5) is 5.69 Å². The van der Waals surface area contributed by atoms with Crippen molar-refractivity contribution in [1.29, 1.82) is 0 Å². The number of rotatable bonds is 6. The third-order valence-electron chi connectivity index (χ3n) is 3.60. The summed E-state index contributed by atoms with van der Waals surface area (Å²) in [7, 11) is 0. The molecule has 1 unspecified atom stereocenters. The maximum Gasteiger partial charge on any atom is 0.0485 e. The van der Waals surface area contributed by atoms with Crippen molar-refractivity contribution in [3.63, 3.8) is 0 Å². The topological polar surface area (TPSA) is 12.0 Å². The van der Waals surface area contributed by atoms with Crippen LogP contribution in [0.3, 0.4) is 0 Å². The van der Waals surface area contributed by atoms with E-state index in [9.17, 15) is 0 Å². The van der Waals surface area contributed by atoms with Crippen LogP contribution in [-0.4, -0.2) is 6.26 Å². The van der Waals surface area contributed by atoms with Gasteiger partial charge in [-0.2, -0.15) is 0 Å². The zero-order valence-electron chi connectivity index (χ0n) is 13.4. The van der Waals surface area contributed by atoms with Gasteiger partial charge in [0.05, 0.1) is 0 Å². The lowest BCUT2D eigenvalue weighted by Gasteiger charge is -2.16. The number of hydrogen-bond acceptors (Lipinski definition) is 2. The normalized spacial score (nSPS) is 12.4. The molecule has 0 heterocycles. The highest BCUT2D eigenvalue weighted by Gasteiger charge is 2.06. The molecule has 2 aromatic rings. The van der Waals surface area contributed by atoms with E-state index < -0.39 is 0 Å². The van der Waals surface area contributed by atoms with Crippen molar-refractivity contribution in [1.82, 2.24) is 0 Å². The van der Waals surface area contributed by atoms with E-state index in [2.05, 4.69) is 80.9 Å². The fraction of sp³-hybridized carbons (Fsp3) is 0.368. The average molecular weight is 299 g/mol. The number of benzene rings is 2. The van der Waals surface area contributed by atoms with E-state index in [-0.39, 0.29) is 0 Å². The summed E-state index contributed by atoms with van der Waals surface area (Å²) in [5, 5.41) is 3.56. The fourth-order valence-corrected chi connectivity index (χ4v) is 2.84. The van der Waals surface area contributed by atoms with Crippen LogP contribution >= 0.6 is 11.8 Å². The first-order valence-corrected chi connectivity index (χ1v) is 8.80. The Morgan fingerprint density at radius 3 is 2.05 bits per heavy atom. The van der Waals surface area contributed by atoms with Crippen LogP contribution in [0.25, 0.3) is 0 Å². The first-order valence-electron chi connectivity index (χ1n) is 7.58. The molecule has 0 saturated heterocycles. The first-order chi connectivity index (χ1) is 10.1. The van der Waals surface area contributed by atoms with Gasteiger partial charge in [-0.3, -0.25) is 0 Å². The molecule has 0 bridgehead atoms. The van der Waals surface area contributed by atoms with Crippen molar-refractivity contribution in [2.24, 2.45) is 5.92 Å². The lowest BCUT2D eigenvalue weighted by molar-refractivity contribution is 0.647. The molecule has 21 heavy (non-hydrogen) atoms. The van der Waals surface area contributed by atoms with Crippen LogP contribution in [0.1, 0.15) is 37.9 Å². The molecule has 0 amide bonds. The smallest absolute Gasteiger partial charge is 0.0485 e. The Labute approximate surface area is 133 Å². The third kappa shape index (κ3) is 4.82. The zero-order valence-corrected chi connectivity index (χ0v) is 14.2. The Bertz CT molecular complexity index is 543. The number of thioether (sulfide) groups is 1. The maximum atomic E-state index is 3.56. The molecule has 1 nitrogen and oxygen atoms in total. The second kappa shape index (κ2) is 7.56. The van der Waals surface area contributed by atoms with Crippen LogP contribution < -0.4 is 5.32 Å². The number of anilines is 1. The van der Waals surface area contributed by atoms with Crippen molar-refractivity contribution in [3.05, 3.63) is 59.7 Å². The molecule has 0 spiro atoms. The van der Waals surface area contributed by atoms with Gasteiger partial charge in [0.25, 0.3) is 0 Å². The third-order valence-corrected chi connectivity index (χ3v) is 4.34. The molecule has 0 fully saturated rings. The molecule has 2 rings (SSSR count). The molecule has 2 heteroatoms. The van der Waals surface area contributed by atoms with Crippen LogP contribution in [0.15, 0.2) is 53.4 Å². The molecular weight excluding hydrogens is 274 g/mol. The summed E-state index contributed by atoms with van der Waals surface area (Å²) in [6.07, 6.45) is 3.25. The lowest BCUT2D eigenvalue weighted by atomic mass is 10.00.